The van der Waals surface area contributed by atoms with Gasteiger partial charge in [0.2, 0.25) is 0 Å². The number of piperidine rings is 1. The van der Waals surface area contributed by atoms with Crippen molar-refractivity contribution >= 4 is 35.0 Å². The lowest BCUT2D eigenvalue weighted by atomic mass is 9.98. The highest BCUT2D eigenvalue weighted by Gasteiger charge is 2.30. The van der Waals surface area contributed by atoms with Crippen molar-refractivity contribution in [1.29, 1.82) is 0 Å². The predicted molar refractivity (Wildman–Crippen MR) is 148 cm³/mol. The van der Waals surface area contributed by atoms with Crippen LogP contribution in [0.25, 0.3) is 17.1 Å². The van der Waals surface area contributed by atoms with Gasteiger partial charge >= 0.3 is 5.97 Å². The molecule has 4 aromatic rings. The average molecular weight is 565 g/mol. The quantitative estimate of drug-likeness (QED) is 0.214. The molecule has 0 radical (unpaired) electrons. The van der Waals surface area contributed by atoms with Crippen LogP contribution in [0.2, 0.25) is 0 Å². The standard InChI is InChI=1S/C27H28N6O4S2/c1-3-37-26(35)19-7-6-14-32(15-19)25(34)20-16-38-23(29-20)17-39-27-31-30-24(18-10-12-28-13-11-18)33(27)21-8-4-5-9-22(21)36-2/h4-5,8-13,16,19H,3,6-7,14-15,17H2,1-2H3. The lowest BCUT2D eigenvalue weighted by Crippen LogP contribution is -2.43. The molecule has 5 rings (SSSR count). The van der Waals surface area contributed by atoms with Gasteiger partial charge in [0.25, 0.3) is 5.91 Å². The fourth-order valence-corrected chi connectivity index (χ4v) is 6.19. The fraction of sp³-hybridized carbons (Fsp3) is 0.333. The van der Waals surface area contributed by atoms with E-state index in [0.717, 1.165) is 29.1 Å². The van der Waals surface area contributed by atoms with Gasteiger partial charge in [0, 0.05) is 36.4 Å². The number of rotatable bonds is 9. The van der Waals surface area contributed by atoms with Crippen LogP contribution in [-0.4, -0.2) is 68.3 Å². The van der Waals surface area contributed by atoms with Gasteiger partial charge < -0.3 is 14.4 Å². The Morgan fingerprint density at radius 1 is 1.15 bits per heavy atom. The molecule has 0 aliphatic carbocycles. The number of thiazole rings is 1. The van der Waals surface area contributed by atoms with Gasteiger partial charge in [0.05, 0.1) is 31.1 Å². The summed E-state index contributed by atoms with van der Waals surface area (Å²) in [6.45, 7) is 3.09. The molecule has 1 aliphatic rings. The summed E-state index contributed by atoms with van der Waals surface area (Å²) >= 11 is 2.91. The Bertz CT molecular complexity index is 1440. The number of benzene rings is 1. The molecule has 1 aliphatic heterocycles. The Hall–Kier alpha value is -3.77. The predicted octanol–water partition coefficient (Wildman–Crippen LogP) is 4.50. The lowest BCUT2D eigenvalue weighted by Gasteiger charge is -2.31. The minimum Gasteiger partial charge on any atom is -0.495 e. The van der Waals surface area contributed by atoms with E-state index in [1.807, 2.05) is 41.0 Å². The first-order valence-corrected chi connectivity index (χ1v) is 14.5. The van der Waals surface area contributed by atoms with Gasteiger partial charge in [-0.1, -0.05) is 23.9 Å². The molecule has 4 heterocycles. The maximum absolute atomic E-state index is 13.1. The molecule has 0 spiro atoms. The molecule has 10 nitrogen and oxygen atoms in total. The van der Waals surface area contributed by atoms with E-state index < -0.39 is 0 Å². The number of esters is 1. The van der Waals surface area contributed by atoms with Crippen LogP contribution in [0.5, 0.6) is 5.75 Å². The summed E-state index contributed by atoms with van der Waals surface area (Å²) in [5.74, 6) is 1.18. The van der Waals surface area contributed by atoms with Crippen LogP contribution in [-0.2, 0) is 15.3 Å². The van der Waals surface area contributed by atoms with E-state index in [9.17, 15) is 9.59 Å². The molecule has 1 amide bonds. The lowest BCUT2D eigenvalue weighted by molar-refractivity contribution is -0.149. The number of ether oxygens (including phenoxy) is 2. The van der Waals surface area contributed by atoms with Gasteiger partial charge in [-0.15, -0.1) is 21.5 Å². The smallest absolute Gasteiger partial charge is 0.310 e. The van der Waals surface area contributed by atoms with E-state index in [1.54, 1.807) is 36.7 Å². The summed E-state index contributed by atoms with van der Waals surface area (Å²) in [5, 5.41) is 12.2. The number of para-hydroxylation sites is 2. The summed E-state index contributed by atoms with van der Waals surface area (Å²) in [7, 11) is 1.63. The van der Waals surface area contributed by atoms with E-state index in [-0.39, 0.29) is 17.8 Å². The molecule has 39 heavy (non-hydrogen) atoms. The van der Waals surface area contributed by atoms with Crippen molar-refractivity contribution in [3.05, 3.63) is 64.9 Å². The third-order valence-corrected chi connectivity index (χ3v) is 8.29. The van der Waals surface area contributed by atoms with Gasteiger partial charge in [0.1, 0.15) is 16.5 Å². The highest BCUT2D eigenvalue weighted by atomic mass is 32.2. The van der Waals surface area contributed by atoms with Gasteiger partial charge in [-0.25, -0.2) is 4.98 Å². The Labute approximate surface area is 234 Å². The monoisotopic (exact) mass is 564 g/mol. The van der Waals surface area contributed by atoms with Crippen LogP contribution in [0.3, 0.4) is 0 Å². The van der Waals surface area contributed by atoms with Crippen LogP contribution in [0.4, 0.5) is 0 Å². The second-order valence-corrected chi connectivity index (χ2v) is 10.7. The van der Waals surface area contributed by atoms with Gasteiger partial charge in [0.15, 0.2) is 11.0 Å². The SMILES string of the molecule is CCOC(=O)C1CCCN(C(=O)c2csc(CSc3nnc(-c4ccncc4)n3-c3ccccc3OC)n2)C1. The second-order valence-electron chi connectivity index (χ2n) is 8.81. The Balaban J connectivity index is 1.34. The van der Waals surface area contributed by atoms with Gasteiger partial charge in [-0.05, 0) is 44.0 Å². The maximum atomic E-state index is 13.1. The Kier molecular flexibility index (Phi) is 8.52. The van der Waals surface area contributed by atoms with Crippen molar-refractivity contribution in [2.24, 2.45) is 5.92 Å². The molecule has 1 saturated heterocycles. The van der Waals surface area contributed by atoms with Crippen LogP contribution in [0.15, 0.2) is 59.3 Å². The Morgan fingerprint density at radius 2 is 1.97 bits per heavy atom. The number of aromatic nitrogens is 5. The molecule has 12 heteroatoms. The minimum atomic E-state index is -0.285. The minimum absolute atomic E-state index is 0.159. The Morgan fingerprint density at radius 3 is 2.77 bits per heavy atom. The molecule has 0 saturated carbocycles. The van der Waals surface area contributed by atoms with Crippen LogP contribution < -0.4 is 4.74 Å². The molecule has 1 unspecified atom stereocenters. The number of amides is 1. The summed E-state index contributed by atoms with van der Waals surface area (Å²) < 4.78 is 12.7. The highest BCUT2D eigenvalue weighted by molar-refractivity contribution is 7.98. The third kappa shape index (κ3) is 5.96. The van der Waals surface area contributed by atoms with Crippen molar-refractivity contribution in [1.82, 2.24) is 29.6 Å². The largest absolute Gasteiger partial charge is 0.495 e. The van der Waals surface area contributed by atoms with Crippen LogP contribution in [0, 0.1) is 5.92 Å². The van der Waals surface area contributed by atoms with E-state index in [1.165, 1.54) is 23.1 Å². The molecule has 1 atom stereocenters. The number of pyridine rings is 1. The zero-order chi connectivity index (χ0) is 27.2. The molecule has 0 bridgehead atoms. The van der Waals surface area contributed by atoms with Crippen molar-refractivity contribution in [2.75, 3.05) is 26.8 Å². The number of carbonyl (C=O) groups excluding carboxylic acids is 2. The normalized spacial score (nSPS) is 15.2. The number of likely N-dealkylation sites (tertiary alicyclic amines) is 1. The number of nitrogens with zero attached hydrogens (tertiary/aromatic N) is 6. The van der Waals surface area contributed by atoms with Gasteiger partial charge in [-0.3, -0.25) is 19.1 Å². The first-order chi connectivity index (χ1) is 19.1. The summed E-state index contributed by atoms with van der Waals surface area (Å²) in [6, 6.07) is 11.5. The van der Waals surface area contributed by atoms with E-state index >= 15 is 0 Å². The number of methoxy groups -OCH3 is 1. The maximum Gasteiger partial charge on any atom is 0.310 e. The average Bonchev–Trinajstić information content (AvgIpc) is 3.63. The number of thioether (sulfide) groups is 1. The van der Waals surface area contributed by atoms with E-state index in [2.05, 4.69) is 20.2 Å². The topological polar surface area (TPSA) is 112 Å². The molecule has 1 fully saturated rings. The van der Waals surface area contributed by atoms with Crippen LogP contribution in [0.1, 0.15) is 35.3 Å². The molecular formula is C27H28N6O4S2. The van der Waals surface area contributed by atoms with E-state index in [0.29, 0.717) is 47.9 Å². The zero-order valence-electron chi connectivity index (χ0n) is 21.6. The van der Waals surface area contributed by atoms with Crippen molar-refractivity contribution in [3.8, 4) is 22.8 Å². The first kappa shape index (κ1) is 26.8. The van der Waals surface area contributed by atoms with Gasteiger partial charge in [-0.2, -0.15) is 0 Å². The number of hydrogen-bond acceptors (Lipinski definition) is 10. The summed E-state index contributed by atoms with van der Waals surface area (Å²) in [4.78, 5) is 35.8. The molecule has 1 aromatic carbocycles. The third-order valence-electron chi connectivity index (χ3n) is 6.32. The molecule has 3 aromatic heterocycles. The molecule has 202 valence electrons. The summed E-state index contributed by atoms with van der Waals surface area (Å²) in [6.07, 6.45) is 4.93. The zero-order valence-corrected chi connectivity index (χ0v) is 23.3. The first-order valence-electron chi connectivity index (χ1n) is 12.6. The summed E-state index contributed by atoms with van der Waals surface area (Å²) in [5.41, 5.74) is 2.08. The number of hydrogen-bond donors (Lipinski definition) is 0. The van der Waals surface area contributed by atoms with E-state index in [4.69, 9.17) is 9.47 Å². The van der Waals surface area contributed by atoms with Crippen molar-refractivity contribution in [3.63, 3.8) is 0 Å². The van der Waals surface area contributed by atoms with Crippen molar-refractivity contribution < 1.29 is 19.1 Å². The fourth-order valence-electron chi connectivity index (χ4n) is 4.46. The van der Waals surface area contributed by atoms with Crippen LogP contribution >= 0.6 is 23.1 Å². The second kappa shape index (κ2) is 12.4. The molecule has 0 N–H and O–H groups in total. The van der Waals surface area contributed by atoms with Crippen molar-refractivity contribution in [2.45, 2.75) is 30.7 Å². The molecular weight excluding hydrogens is 536 g/mol. The number of carbonyl (C=O) groups is 2. The highest BCUT2D eigenvalue weighted by Crippen LogP contribution is 2.34.